The van der Waals surface area contributed by atoms with Gasteiger partial charge in [-0.15, -0.1) is 0 Å². The van der Waals surface area contributed by atoms with Gasteiger partial charge in [0.1, 0.15) is 0 Å². The van der Waals surface area contributed by atoms with Crippen LogP contribution >= 0.6 is 11.6 Å². The van der Waals surface area contributed by atoms with Gasteiger partial charge in [0.15, 0.2) is 0 Å². The number of alkyl halides is 3. The molecule has 17 heteroatoms. The lowest BCUT2D eigenvalue weighted by atomic mass is 9.75. The van der Waals surface area contributed by atoms with Crippen molar-refractivity contribution in [3.8, 4) is 0 Å². The average molecular weight is 1260 g/mol. The molecular weight excluding hydrogens is 1140 g/mol. The number of nitrogens with zero attached hydrogens (tertiary/aromatic N) is 6. The normalized spacial score (nSPS) is 30.9. The number of aliphatic imine (C=N–C) groups is 1. The minimum atomic E-state index is -4.51. The predicted molar refractivity (Wildman–Crippen MR) is 364 cm³/mol. The molecule has 11 atom stereocenters. The highest BCUT2D eigenvalue weighted by Crippen LogP contribution is 2.46. The molecule has 3 aliphatic carbocycles. The fourth-order valence-electron chi connectivity index (χ4n) is 16.1. The van der Waals surface area contributed by atoms with Gasteiger partial charge in [0.25, 0.3) is 0 Å². The van der Waals surface area contributed by atoms with Gasteiger partial charge in [-0.3, -0.25) is 14.7 Å². The van der Waals surface area contributed by atoms with Crippen molar-refractivity contribution in [3.63, 3.8) is 0 Å². The number of hydrogen-bond acceptors (Lipinski definition) is 12. The molecule has 0 aromatic heterocycles. The molecule has 89 heavy (non-hydrogen) atoms. The average Bonchev–Trinajstić information content (AvgIpc) is 1.80. The fourth-order valence-corrected chi connectivity index (χ4v) is 16.4. The van der Waals surface area contributed by atoms with E-state index in [4.69, 9.17) is 16.6 Å². The van der Waals surface area contributed by atoms with E-state index in [1.165, 1.54) is 87.7 Å². The van der Waals surface area contributed by atoms with Gasteiger partial charge < -0.3 is 51.5 Å². The Balaban J connectivity index is 1.08. The molecule has 6 fully saturated rings. The second kappa shape index (κ2) is 34.0. The summed E-state index contributed by atoms with van der Waals surface area (Å²) in [6.45, 7) is 28.2. The lowest BCUT2D eigenvalue weighted by molar-refractivity contribution is -0.160. The fraction of sp³-hybridized carbons (Fsp3) is 0.778. The lowest BCUT2D eigenvalue weighted by Gasteiger charge is -2.59. The van der Waals surface area contributed by atoms with Crippen LogP contribution in [0.15, 0.2) is 71.2 Å². The van der Waals surface area contributed by atoms with E-state index in [2.05, 4.69) is 151 Å². The molecule has 13 nitrogen and oxygen atoms in total. The highest BCUT2D eigenvalue weighted by atomic mass is 35.5. The van der Waals surface area contributed by atoms with E-state index < -0.39 is 11.7 Å². The Kier molecular flexibility index (Phi) is 27.2. The molecule has 3 saturated carbocycles. The highest BCUT2D eigenvalue weighted by Gasteiger charge is 2.57. The lowest BCUT2D eigenvalue weighted by Crippen LogP contribution is -2.75. The SMILES string of the molecule is CC[C@H](C)[C@H]1CN[C@@H](CC(C)C)C(C)NCC2[C@@H](C(=O)N3CCCCC3)C(C)N2[C@@H](C2CC2)C(C)NC2(CCCC2)CNCCN=CC=C(CCc2ccc(C(F)(F)F)c(Cl)c2)NC=CN(C)C=C(CC2CCCCC2)N(C)C=C2CCCN2[C@@H](C)C(C)N1. The molecule has 502 valence electrons. The number of likely N-dealkylation sites (tertiary alicyclic amines) is 1. The van der Waals surface area contributed by atoms with Crippen LogP contribution in [0.4, 0.5) is 13.2 Å². The van der Waals surface area contributed by atoms with E-state index in [0.717, 1.165) is 121 Å². The van der Waals surface area contributed by atoms with Crippen molar-refractivity contribution in [2.45, 2.75) is 263 Å². The molecule has 5 unspecified atom stereocenters. The minimum absolute atomic E-state index is 0.0209. The van der Waals surface area contributed by atoms with Gasteiger partial charge >= 0.3 is 6.18 Å². The van der Waals surface area contributed by atoms with Crippen LogP contribution in [0.5, 0.6) is 0 Å². The number of carbonyl (C=O) groups excluding carboxylic acids is 1. The molecule has 4 aliphatic heterocycles. The van der Waals surface area contributed by atoms with Crippen molar-refractivity contribution in [3.05, 3.63) is 82.3 Å². The topological polar surface area (TPSA) is 118 Å². The number of halogens is 4. The summed E-state index contributed by atoms with van der Waals surface area (Å²) in [7, 11) is 4.33. The predicted octanol–water partition coefficient (Wildman–Crippen LogP) is 13.1. The number of allylic oxidation sites excluding steroid dienone is 4. The van der Waals surface area contributed by atoms with Crippen molar-refractivity contribution in [2.75, 3.05) is 66.5 Å². The van der Waals surface area contributed by atoms with Crippen LogP contribution in [-0.4, -0.2) is 163 Å². The maximum absolute atomic E-state index is 14.8. The number of hydrogen-bond donors (Lipinski definition) is 6. The number of benzene rings is 1. The van der Waals surface area contributed by atoms with Crippen molar-refractivity contribution < 1.29 is 18.0 Å². The second-order valence-corrected chi connectivity index (χ2v) is 29.6. The van der Waals surface area contributed by atoms with E-state index in [1.54, 1.807) is 0 Å². The van der Waals surface area contributed by atoms with Gasteiger partial charge in [0, 0.05) is 168 Å². The number of aryl methyl sites for hydroxylation is 1. The third kappa shape index (κ3) is 20.2. The van der Waals surface area contributed by atoms with Crippen LogP contribution in [0.1, 0.15) is 202 Å². The molecule has 0 bridgehead atoms. The van der Waals surface area contributed by atoms with Gasteiger partial charge in [-0.1, -0.05) is 96.7 Å². The molecule has 1 aromatic rings. The number of carbonyl (C=O) groups is 1. The Morgan fingerprint density at radius 2 is 1.56 bits per heavy atom. The summed E-state index contributed by atoms with van der Waals surface area (Å²) in [6.07, 6.45) is 31.4. The molecule has 7 aliphatic rings. The summed E-state index contributed by atoms with van der Waals surface area (Å²) >= 11 is 6.21. The van der Waals surface area contributed by atoms with Crippen molar-refractivity contribution in [1.82, 2.24) is 56.4 Å². The van der Waals surface area contributed by atoms with E-state index in [1.807, 2.05) is 18.5 Å². The molecule has 6 N–H and O–H groups in total. The summed E-state index contributed by atoms with van der Waals surface area (Å²) in [5, 5.41) is 24.0. The number of nitrogens with one attached hydrogen (secondary N) is 6. The van der Waals surface area contributed by atoms with Crippen molar-refractivity contribution >= 4 is 23.7 Å². The van der Waals surface area contributed by atoms with Gasteiger partial charge in [-0.25, -0.2) is 0 Å². The summed E-state index contributed by atoms with van der Waals surface area (Å²) in [5.41, 5.74) is 3.47. The van der Waals surface area contributed by atoms with Crippen LogP contribution in [0.3, 0.4) is 0 Å². The first-order valence-electron chi connectivity index (χ1n) is 35.5. The Labute approximate surface area is 542 Å². The summed E-state index contributed by atoms with van der Waals surface area (Å²) < 4.78 is 41.0. The third-order valence-electron chi connectivity index (χ3n) is 21.8. The molecule has 8 rings (SSSR count). The van der Waals surface area contributed by atoms with Gasteiger partial charge in [0.05, 0.1) is 23.0 Å². The smallest absolute Gasteiger partial charge is 0.369 e. The molecule has 1 amide bonds. The van der Waals surface area contributed by atoms with Crippen LogP contribution < -0.4 is 31.9 Å². The molecule has 4 heterocycles. The molecule has 1 aromatic carbocycles. The summed E-state index contributed by atoms with van der Waals surface area (Å²) in [5.74, 6) is 2.61. The zero-order valence-corrected chi connectivity index (χ0v) is 57.6. The number of fused-ring (bicyclic) bond motifs is 2. The standard InChI is InChI=1S/C72H120ClF3N12O/c1-12-51(4)66-45-81-65(42-50(2)3)53(6)80-46-67-68(70(89)86-38-19-14-20-39-86)56(9)88(67)69(59-27-28-59)54(7)83-71(32-17-18-33-71)49-78-36-35-77-34-31-60(29-25-58-26-30-63(64(73)44-58)72(74,75)76)79-37-41-84(10)47-62(43-57-22-15-13-16-23-57)85(11)48-61-24-21-40-87(61)55(8)52(5)82-66/h26,30-31,34,37,41,44,47-48,50-57,59,65-69,78-83H,12-25,27-29,32-33,35-36,38-40,42-43,45-46,49H2,1-11H3/t51-,52?,53?,54?,55-,56?,65-,66+,67?,68-,69+/m0/s1. The minimum Gasteiger partial charge on any atom is -0.369 e. The number of piperidine rings is 1. The van der Waals surface area contributed by atoms with Crippen molar-refractivity contribution in [2.24, 2.45) is 34.6 Å². The summed E-state index contributed by atoms with van der Waals surface area (Å²) in [6, 6.07) is 6.26. The van der Waals surface area contributed by atoms with Crippen LogP contribution in [0, 0.1) is 29.6 Å². The van der Waals surface area contributed by atoms with Crippen LogP contribution in [-0.2, 0) is 17.4 Å². The first-order chi connectivity index (χ1) is 42.6. The highest BCUT2D eigenvalue weighted by molar-refractivity contribution is 6.31. The molecule has 3 saturated heterocycles. The largest absolute Gasteiger partial charge is 0.417 e. The Morgan fingerprint density at radius 1 is 0.831 bits per heavy atom. The maximum Gasteiger partial charge on any atom is 0.417 e. The van der Waals surface area contributed by atoms with Gasteiger partial charge in [-0.05, 0) is 166 Å². The van der Waals surface area contributed by atoms with Crippen LogP contribution in [0.2, 0.25) is 5.02 Å². The van der Waals surface area contributed by atoms with Gasteiger partial charge in [-0.2, -0.15) is 13.2 Å². The van der Waals surface area contributed by atoms with E-state index in [9.17, 15) is 18.0 Å². The van der Waals surface area contributed by atoms with E-state index in [-0.39, 0.29) is 58.8 Å². The third-order valence-corrected chi connectivity index (χ3v) is 22.1. The molecule has 0 radical (unpaired) electrons. The van der Waals surface area contributed by atoms with Crippen molar-refractivity contribution in [1.29, 1.82) is 0 Å². The monoisotopic (exact) mass is 1260 g/mol. The molecule has 1 spiro atoms. The number of rotatable bonds is 11. The van der Waals surface area contributed by atoms with E-state index in [0.29, 0.717) is 61.0 Å². The van der Waals surface area contributed by atoms with Gasteiger partial charge in [0.2, 0.25) is 5.91 Å². The Morgan fingerprint density at radius 3 is 2.25 bits per heavy atom. The van der Waals surface area contributed by atoms with Crippen LogP contribution in [0.25, 0.3) is 0 Å². The Bertz CT molecular complexity index is 2500. The zero-order valence-electron chi connectivity index (χ0n) is 56.9. The first kappa shape index (κ1) is 71.2. The number of amides is 1. The Hall–Kier alpha value is -3.64. The molecular formula is C72H120ClF3N12O. The summed E-state index contributed by atoms with van der Waals surface area (Å²) in [4.78, 5) is 31.9. The first-order valence-corrected chi connectivity index (χ1v) is 35.9. The second-order valence-electron chi connectivity index (χ2n) is 29.2. The maximum atomic E-state index is 14.8. The quantitative estimate of drug-likeness (QED) is 0.127. The van der Waals surface area contributed by atoms with E-state index >= 15 is 0 Å². The zero-order chi connectivity index (χ0) is 63.8.